The van der Waals surface area contributed by atoms with Crippen molar-refractivity contribution in [3.8, 4) is 0 Å². The van der Waals surface area contributed by atoms with Crippen LogP contribution in [-0.4, -0.2) is 56.0 Å². The quantitative estimate of drug-likeness (QED) is 0.417. The first-order valence-corrected chi connectivity index (χ1v) is 12.5. The molecule has 0 saturated heterocycles. The average molecular weight is 496 g/mol. The van der Waals surface area contributed by atoms with Gasteiger partial charge in [0.2, 0.25) is 21.8 Å². The van der Waals surface area contributed by atoms with Crippen LogP contribution in [0.3, 0.4) is 0 Å². The van der Waals surface area contributed by atoms with Gasteiger partial charge in [-0.1, -0.05) is 42.8 Å². The topological polar surface area (TPSA) is 116 Å². The minimum atomic E-state index is -3.53. The third kappa shape index (κ3) is 8.12. The summed E-state index contributed by atoms with van der Waals surface area (Å²) >= 11 is 5.95. The summed E-state index contributed by atoms with van der Waals surface area (Å²) < 4.78 is 26.6. The third-order valence-corrected chi connectivity index (χ3v) is 6.85. The van der Waals surface area contributed by atoms with Crippen LogP contribution >= 0.6 is 11.6 Å². The van der Waals surface area contributed by atoms with E-state index in [1.165, 1.54) is 17.0 Å². The van der Waals surface area contributed by atoms with E-state index in [0.29, 0.717) is 18.0 Å². The molecule has 0 unspecified atom stereocenters. The van der Waals surface area contributed by atoms with Crippen LogP contribution in [0.4, 0.5) is 0 Å². The number of carbonyl (C=O) groups is 2. The molecule has 1 atom stereocenters. The number of halogens is 1. The number of nitrogens with one attached hydrogen (secondary N) is 2. The van der Waals surface area contributed by atoms with Gasteiger partial charge in [-0.15, -0.1) is 0 Å². The van der Waals surface area contributed by atoms with Gasteiger partial charge in [0.15, 0.2) is 0 Å². The molecule has 0 spiro atoms. The van der Waals surface area contributed by atoms with Gasteiger partial charge < -0.3 is 15.3 Å². The van der Waals surface area contributed by atoms with Crippen LogP contribution < -0.4 is 10.0 Å². The van der Waals surface area contributed by atoms with E-state index < -0.39 is 16.1 Å². The molecule has 33 heavy (non-hydrogen) atoms. The zero-order valence-corrected chi connectivity index (χ0v) is 20.3. The standard InChI is InChI=1S/C23H30ClN3O5S/c1-3-26-33(31,32)21-11-6-18(7-12-21)8-13-22(29)27(17(2)23(30)25-14-15-28)16-19-4-9-20(24)10-5-19/h4-7,9-12,17,26,28H,3,8,13-16H2,1-2H3,(H,25,30)/t17-/m0/s1. The van der Waals surface area contributed by atoms with Crippen molar-refractivity contribution < 1.29 is 23.1 Å². The second-order valence-electron chi connectivity index (χ2n) is 7.48. The molecule has 2 aromatic rings. The molecule has 0 saturated carbocycles. The van der Waals surface area contributed by atoms with Crippen molar-refractivity contribution in [3.63, 3.8) is 0 Å². The first-order chi connectivity index (χ1) is 15.7. The number of carbonyl (C=O) groups excluding carboxylic acids is 2. The minimum absolute atomic E-state index is 0.105. The number of nitrogens with zero attached hydrogens (tertiary/aromatic N) is 1. The number of aliphatic hydroxyl groups excluding tert-OH is 1. The Morgan fingerprint density at radius 2 is 1.67 bits per heavy atom. The Labute approximate surface area is 200 Å². The summed E-state index contributed by atoms with van der Waals surface area (Å²) in [5.41, 5.74) is 1.63. The summed E-state index contributed by atoms with van der Waals surface area (Å²) in [5.74, 6) is -0.578. The van der Waals surface area contributed by atoms with Crippen molar-refractivity contribution in [2.75, 3.05) is 19.7 Å². The maximum atomic E-state index is 13.1. The van der Waals surface area contributed by atoms with Crippen molar-refractivity contribution in [1.29, 1.82) is 0 Å². The van der Waals surface area contributed by atoms with Crippen molar-refractivity contribution in [2.45, 2.75) is 44.2 Å². The molecule has 0 radical (unpaired) electrons. The lowest BCUT2D eigenvalue weighted by Crippen LogP contribution is -2.48. The lowest BCUT2D eigenvalue weighted by molar-refractivity contribution is -0.140. The number of aliphatic hydroxyl groups is 1. The number of rotatable bonds is 12. The van der Waals surface area contributed by atoms with E-state index in [2.05, 4.69) is 10.0 Å². The average Bonchev–Trinajstić information content (AvgIpc) is 2.80. The summed E-state index contributed by atoms with van der Waals surface area (Å²) in [5, 5.41) is 12.1. The highest BCUT2D eigenvalue weighted by Gasteiger charge is 2.25. The fraction of sp³-hybridized carbons (Fsp3) is 0.391. The number of aryl methyl sites for hydroxylation is 1. The minimum Gasteiger partial charge on any atom is -0.395 e. The molecular weight excluding hydrogens is 466 g/mol. The first kappa shape index (κ1) is 26.8. The van der Waals surface area contributed by atoms with Crippen LogP contribution in [0, 0.1) is 0 Å². The molecule has 0 bridgehead atoms. The zero-order valence-electron chi connectivity index (χ0n) is 18.8. The highest BCUT2D eigenvalue weighted by Crippen LogP contribution is 2.16. The fourth-order valence-corrected chi connectivity index (χ4v) is 4.37. The van der Waals surface area contributed by atoms with E-state index in [0.717, 1.165) is 11.1 Å². The smallest absolute Gasteiger partial charge is 0.242 e. The Morgan fingerprint density at radius 3 is 2.24 bits per heavy atom. The molecule has 0 aromatic heterocycles. The summed E-state index contributed by atoms with van der Waals surface area (Å²) in [6.07, 6.45) is 0.535. The molecule has 0 heterocycles. The highest BCUT2D eigenvalue weighted by atomic mass is 35.5. The summed E-state index contributed by atoms with van der Waals surface area (Å²) in [6, 6.07) is 12.7. The van der Waals surface area contributed by atoms with E-state index in [9.17, 15) is 18.0 Å². The molecule has 0 aliphatic rings. The van der Waals surface area contributed by atoms with Gasteiger partial charge in [0.25, 0.3) is 0 Å². The molecule has 0 aliphatic heterocycles. The molecular formula is C23H30ClN3O5S. The van der Waals surface area contributed by atoms with Crippen LogP contribution in [0.15, 0.2) is 53.4 Å². The Hall–Kier alpha value is -2.46. The van der Waals surface area contributed by atoms with Crippen molar-refractivity contribution in [2.24, 2.45) is 0 Å². The first-order valence-electron chi connectivity index (χ1n) is 10.7. The van der Waals surface area contributed by atoms with Crippen molar-refractivity contribution in [3.05, 3.63) is 64.7 Å². The molecule has 2 amide bonds. The number of hydrogen-bond acceptors (Lipinski definition) is 5. The number of hydrogen-bond donors (Lipinski definition) is 3. The molecule has 8 nitrogen and oxygen atoms in total. The van der Waals surface area contributed by atoms with Crippen molar-refractivity contribution in [1.82, 2.24) is 14.9 Å². The Bertz CT molecular complexity index is 1030. The van der Waals surface area contributed by atoms with E-state index in [1.54, 1.807) is 50.2 Å². The zero-order chi connectivity index (χ0) is 24.4. The second kappa shape index (κ2) is 12.7. The van der Waals surface area contributed by atoms with Gasteiger partial charge in [0.1, 0.15) is 6.04 Å². The van der Waals surface area contributed by atoms with E-state index >= 15 is 0 Å². The monoisotopic (exact) mass is 495 g/mol. The van der Waals surface area contributed by atoms with Gasteiger partial charge in [-0.25, -0.2) is 13.1 Å². The largest absolute Gasteiger partial charge is 0.395 e. The summed E-state index contributed by atoms with van der Waals surface area (Å²) in [7, 11) is -3.53. The fourth-order valence-electron chi connectivity index (χ4n) is 3.20. The van der Waals surface area contributed by atoms with Crippen LogP contribution in [-0.2, 0) is 32.6 Å². The van der Waals surface area contributed by atoms with Gasteiger partial charge in [-0.3, -0.25) is 9.59 Å². The normalized spacial score (nSPS) is 12.2. The lowest BCUT2D eigenvalue weighted by Gasteiger charge is -2.29. The number of sulfonamides is 1. The Morgan fingerprint density at radius 1 is 1.06 bits per heavy atom. The predicted octanol–water partition coefficient (Wildman–Crippen LogP) is 2.10. The van der Waals surface area contributed by atoms with Crippen LogP contribution in [0.25, 0.3) is 0 Å². The van der Waals surface area contributed by atoms with E-state index in [4.69, 9.17) is 16.7 Å². The third-order valence-electron chi connectivity index (χ3n) is 5.04. The molecule has 0 fully saturated rings. The SMILES string of the molecule is CCNS(=O)(=O)c1ccc(CCC(=O)N(Cc2ccc(Cl)cc2)[C@@H](C)C(=O)NCCO)cc1. The molecule has 180 valence electrons. The highest BCUT2D eigenvalue weighted by molar-refractivity contribution is 7.89. The van der Waals surface area contributed by atoms with Crippen molar-refractivity contribution >= 4 is 33.4 Å². The van der Waals surface area contributed by atoms with Gasteiger partial charge in [0.05, 0.1) is 11.5 Å². The predicted molar refractivity (Wildman–Crippen MR) is 127 cm³/mol. The van der Waals surface area contributed by atoms with Gasteiger partial charge >= 0.3 is 0 Å². The van der Waals surface area contributed by atoms with Crippen LogP contribution in [0.5, 0.6) is 0 Å². The van der Waals surface area contributed by atoms with Crippen LogP contribution in [0.1, 0.15) is 31.4 Å². The summed E-state index contributed by atoms with van der Waals surface area (Å²) in [4.78, 5) is 27.2. The molecule has 10 heteroatoms. The Kier molecular flexibility index (Phi) is 10.3. The van der Waals surface area contributed by atoms with Gasteiger partial charge in [-0.05, 0) is 48.7 Å². The van der Waals surface area contributed by atoms with Gasteiger partial charge in [-0.2, -0.15) is 0 Å². The van der Waals surface area contributed by atoms with E-state index in [-0.39, 0.29) is 42.8 Å². The van der Waals surface area contributed by atoms with Crippen LogP contribution in [0.2, 0.25) is 5.02 Å². The number of amides is 2. The van der Waals surface area contributed by atoms with E-state index in [1.807, 2.05) is 0 Å². The Balaban J connectivity index is 2.11. The molecule has 2 rings (SSSR count). The lowest BCUT2D eigenvalue weighted by atomic mass is 10.1. The summed E-state index contributed by atoms with van der Waals surface area (Å²) in [6.45, 7) is 3.78. The maximum Gasteiger partial charge on any atom is 0.242 e. The maximum absolute atomic E-state index is 13.1. The second-order valence-corrected chi connectivity index (χ2v) is 9.69. The molecule has 3 N–H and O–H groups in total. The number of benzene rings is 2. The van der Waals surface area contributed by atoms with Gasteiger partial charge in [0, 0.05) is 31.1 Å². The molecule has 2 aromatic carbocycles. The molecule has 0 aliphatic carbocycles.